The highest BCUT2D eigenvalue weighted by Crippen LogP contribution is 2.38. The molecule has 1 saturated carbocycles. The number of hydrogen-bond acceptors (Lipinski definition) is 1. The molecule has 0 heterocycles. The van der Waals surface area contributed by atoms with Gasteiger partial charge in [0, 0.05) is 11.1 Å². The van der Waals surface area contributed by atoms with Gasteiger partial charge < -0.3 is 5.73 Å². The third kappa shape index (κ3) is 2.01. The number of benzene rings is 1. The van der Waals surface area contributed by atoms with Crippen LogP contribution in [0.25, 0.3) is 0 Å². The van der Waals surface area contributed by atoms with E-state index >= 15 is 0 Å². The molecule has 1 fully saturated rings. The van der Waals surface area contributed by atoms with E-state index in [1.807, 2.05) is 0 Å². The maximum atomic E-state index is 14.0. The Morgan fingerprint density at radius 2 is 1.53 bits per heavy atom. The first kappa shape index (κ1) is 12.3. The molecule has 0 saturated heterocycles. The van der Waals surface area contributed by atoms with Crippen LogP contribution in [0.5, 0.6) is 0 Å². The zero-order valence-electron chi connectivity index (χ0n) is 9.82. The minimum Gasteiger partial charge on any atom is -0.396 e. The number of halogens is 3. The van der Waals surface area contributed by atoms with Crippen LogP contribution >= 0.6 is 0 Å². The van der Waals surface area contributed by atoms with Crippen LogP contribution in [-0.4, -0.2) is 0 Å². The first-order chi connectivity index (χ1) is 8.04. The van der Waals surface area contributed by atoms with Gasteiger partial charge >= 0.3 is 0 Å². The Morgan fingerprint density at radius 3 is 2.12 bits per heavy atom. The van der Waals surface area contributed by atoms with Crippen molar-refractivity contribution in [2.75, 3.05) is 5.73 Å². The van der Waals surface area contributed by atoms with E-state index in [1.54, 1.807) is 0 Å². The molecule has 0 unspecified atom stereocenters. The molecule has 1 aliphatic carbocycles. The van der Waals surface area contributed by atoms with E-state index in [0.717, 1.165) is 19.3 Å². The number of hydrogen-bond donors (Lipinski definition) is 1. The van der Waals surface area contributed by atoms with Gasteiger partial charge in [0.15, 0.2) is 17.5 Å². The molecule has 1 aliphatic rings. The molecule has 4 heteroatoms. The zero-order valence-corrected chi connectivity index (χ0v) is 9.82. The van der Waals surface area contributed by atoms with Crippen LogP contribution in [0.3, 0.4) is 0 Å². The lowest BCUT2D eigenvalue weighted by molar-refractivity contribution is 0.399. The fraction of sp³-hybridized carbons (Fsp3) is 0.538. The van der Waals surface area contributed by atoms with E-state index in [0.29, 0.717) is 12.8 Å². The Hall–Kier alpha value is -1.19. The van der Waals surface area contributed by atoms with Gasteiger partial charge in [-0.1, -0.05) is 19.3 Å². The fourth-order valence-corrected chi connectivity index (χ4v) is 2.56. The minimum absolute atomic E-state index is 0.139. The van der Waals surface area contributed by atoms with Crippen LogP contribution < -0.4 is 5.73 Å². The third-order valence-corrected chi connectivity index (χ3v) is 3.65. The first-order valence-electron chi connectivity index (χ1n) is 5.96. The molecule has 0 atom stereocenters. The summed E-state index contributed by atoms with van der Waals surface area (Å²) in [7, 11) is 0. The molecule has 2 rings (SSSR count). The zero-order chi connectivity index (χ0) is 12.6. The summed E-state index contributed by atoms with van der Waals surface area (Å²) in [5.41, 5.74) is 4.93. The number of rotatable bonds is 1. The predicted molar refractivity (Wildman–Crippen MR) is 61.3 cm³/mol. The molecule has 17 heavy (non-hydrogen) atoms. The van der Waals surface area contributed by atoms with E-state index < -0.39 is 17.5 Å². The Bertz CT molecular complexity index is 408. The largest absolute Gasteiger partial charge is 0.396 e. The van der Waals surface area contributed by atoms with Gasteiger partial charge in [0.25, 0.3) is 0 Å². The van der Waals surface area contributed by atoms with Gasteiger partial charge in [-0.15, -0.1) is 0 Å². The molecule has 1 aromatic carbocycles. The standard InChI is InChI=1S/C13H16F3N/c1-7-10(14)11(15)9(12(16)13(7)17)8-5-3-2-4-6-8/h8H,2-6,17H2,1H3. The molecular formula is C13H16F3N. The van der Waals surface area contributed by atoms with Crippen LogP contribution in [0.2, 0.25) is 0 Å². The SMILES string of the molecule is Cc1c(N)c(F)c(C2CCCCC2)c(F)c1F. The van der Waals surface area contributed by atoms with Crippen molar-refractivity contribution < 1.29 is 13.2 Å². The molecule has 0 bridgehead atoms. The quantitative estimate of drug-likeness (QED) is 0.584. The highest BCUT2D eigenvalue weighted by Gasteiger charge is 2.28. The summed E-state index contributed by atoms with van der Waals surface area (Å²) in [6.07, 6.45) is 4.34. The van der Waals surface area contributed by atoms with E-state index in [4.69, 9.17) is 5.73 Å². The summed E-state index contributed by atoms with van der Waals surface area (Å²) in [6, 6.07) is 0. The normalized spacial score (nSPS) is 17.4. The monoisotopic (exact) mass is 243 g/mol. The molecule has 0 aromatic heterocycles. The Labute approximate surface area is 98.8 Å². The maximum Gasteiger partial charge on any atom is 0.165 e. The van der Waals surface area contributed by atoms with Gasteiger partial charge in [-0.25, -0.2) is 13.2 Å². The second-order valence-corrected chi connectivity index (χ2v) is 4.73. The van der Waals surface area contributed by atoms with Gasteiger partial charge in [0.1, 0.15) is 0 Å². The van der Waals surface area contributed by atoms with Crippen molar-refractivity contribution in [3.8, 4) is 0 Å². The fourth-order valence-electron chi connectivity index (χ4n) is 2.56. The van der Waals surface area contributed by atoms with Crippen molar-refractivity contribution in [3.05, 3.63) is 28.6 Å². The highest BCUT2D eigenvalue weighted by atomic mass is 19.2. The van der Waals surface area contributed by atoms with E-state index in [-0.39, 0.29) is 22.7 Å². The molecule has 94 valence electrons. The lowest BCUT2D eigenvalue weighted by Crippen LogP contribution is -2.13. The lowest BCUT2D eigenvalue weighted by Gasteiger charge is -2.24. The van der Waals surface area contributed by atoms with Gasteiger partial charge in [-0.05, 0) is 25.7 Å². The molecular weight excluding hydrogens is 227 g/mol. The van der Waals surface area contributed by atoms with Crippen LogP contribution in [0.1, 0.15) is 49.1 Å². The smallest absolute Gasteiger partial charge is 0.165 e. The van der Waals surface area contributed by atoms with Crippen molar-refractivity contribution in [3.63, 3.8) is 0 Å². The van der Waals surface area contributed by atoms with Crippen molar-refractivity contribution in [2.45, 2.75) is 44.9 Å². The Kier molecular flexibility index (Phi) is 3.31. The molecule has 0 aliphatic heterocycles. The molecule has 1 nitrogen and oxygen atoms in total. The van der Waals surface area contributed by atoms with E-state index in [2.05, 4.69) is 0 Å². The molecule has 0 spiro atoms. The van der Waals surface area contributed by atoms with Gasteiger partial charge in [0.05, 0.1) is 5.69 Å². The van der Waals surface area contributed by atoms with Crippen molar-refractivity contribution >= 4 is 5.69 Å². The Morgan fingerprint density at radius 1 is 0.941 bits per heavy atom. The summed E-state index contributed by atoms with van der Waals surface area (Å²) in [5, 5.41) is 0. The summed E-state index contributed by atoms with van der Waals surface area (Å²) >= 11 is 0. The second-order valence-electron chi connectivity index (χ2n) is 4.73. The van der Waals surface area contributed by atoms with Crippen LogP contribution in [0, 0.1) is 24.4 Å². The number of anilines is 1. The highest BCUT2D eigenvalue weighted by molar-refractivity contribution is 5.52. The minimum atomic E-state index is -1.05. The summed E-state index contributed by atoms with van der Waals surface area (Å²) < 4.78 is 41.3. The summed E-state index contributed by atoms with van der Waals surface area (Å²) in [4.78, 5) is 0. The summed E-state index contributed by atoms with van der Waals surface area (Å²) in [6.45, 7) is 1.29. The molecule has 1 aromatic rings. The van der Waals surface area contributed by atoms with Crippen molar-refractivity contribution in [2.24, 2.45) is 0 Å². The summed E-state index contributed by atoms with van der Waals surface area (Å²) in [5.74, 6) is -3.07. The first-order valence-corrected chi connectivity index (χ1v) is 5.96. The molecule has 0 amide bonds. The van der Waals surface area contributed by atoms with Crippen molar-refractivity contribution in [1.82, 2.24) is 0 Å². The number of nitrogens with two attached hydrogens (primary N) is 1. The Balaban J connectivity index is 2.52. The second kappa shape index (κ2) is 4.59. The van der Waals surface area contributed by atoms with E-state index in [1.165, 1.54) is 6.92 Å². The van der Waals surface area contributed by atoms with Gasteiger partial charge in [-0.3, -0.25) is 0 Å². The predicted octanol–water partition coefficient (Wildman–Crippen LogP) is 4.04. The average Bonchev–Trinajstić information content (AvgIpc) is 2.36. The van der Waals surface area contributed by atoms with E-state index in [9.17, 15) is 13.2 Å². The number of nitrogen functional groups attached to an aromatic ring is 1. The molecule has 0 radical (unpaired) electrons. The topological polar surface area (TPSA) is 26.0 Å². The van der Waals surface area contributed by atoms with Crippen molar-refractivity contribution in [1.29, 1.82) is 0 Å². The average molecular weight is 243 g/mol. The van der Waals surface area contributed by atoms with Gasteiger partial charge in [-0.2, -0.15) is 0 Å². The van der Waals surface area contributed by atoms with Crippen LogP contribution in [-0.2, 0) is 0 Å². The van der Waals surface area contributed by atoms with Gasteiger partial charge in [0.2, 0.25) is 0 Å². The molecule has 2 N–H and O–H groups in total. The third-order valence-electron chi connectivity index (χ3n) is 3.65. The lowest BCUT2D eigenvalue weighted by atomic mass is 9.83. The maximum absolute atomic E-state index is 14.0. The van der Waals surface area contributed by atoms with Crippen LogP contribution in [0.4, 0.5) is 18.9 Å². The van der Waals surface area contributed by atoms with Crippen LogP contribution in [0.15, 0.2) is 0 Å².